The van der Waals surface area contributed by atoms with Gasteiger partial charge in [0.05, 0.1) is 0 Å². The van der Waals surface area contributed by atoms with E-state index in [-0.39, 0.29) is 0 Å². The van der Waals surface area contributed by atoms with Crippen LogP contribution in [0.5, 0.6) is 0 Å². The second-order valence-corrected chi connectivity index (χ2v) is 3.11. The molecule has 11 heavy (non-hydrogen) atoms. The average molecular weight is 155 g/mol. The van der Waals surface area contributed by atoms with E-state index in [1.165, 1.54) is 12.8 Å². The minimum absolute atomic E-state index is 0.497. The monoisotopic (exact) mass is 155 g/mol. The van der Waals surface area contributed by atoms with Crippen molar-refractivity contribution >= 4 is 0 Å². The van der Waals surface area contributed by atoms with E-state index in [9.17, 15) is 0 Å². The van der Waals surface area contributed by atoms with E-state index in [0.717, 1.165) is 6.42 Å². The van der Waals surface area contributed by atoms with Gasteiger partial charge >= 0.3 is 0 Å². The second kappa shape index (κ2) is 6.41. The van der Waals surface area contributed by atoms with Gasteiger partial charge in [-0.3, -0.25) is 0 Å². The van der Waals surface area contributed by atoms with Crippen molar-refractivity contribution in [2.75, 3.05) is 0 Å². The maximum absolute atomic E-state index is 3.78. The smallest absolute Gasteiger partial charge is 0.0247 e. The molecule has 1 N–H and O–H groups in total. The standard InChI is InChI=1S/C10H21N/c1-5-8-9(4)11-10(6-2)7-3/h6,9-11H,2,5,7-8H2,1,3-4H3. The lowest BCUT2D eigenvalue weighted by Gasteiger charge is -2.18. The van der Waals surface area contributed by atoms with Crippen LogP contribution in [0, 0.1) is 0 Å². The van der Waals surface area contributed by atoms with Crippen LogP contribution < -0.4 is 5.32 Å². The molecule has 1 heteroatoms. The molecule has 0 rings (SSSR count). The van der Waals surface area contributed by atoms with Crippen LogP contribution in [0.25, 0.3) is 0 Å². The fourth-order valence-corrected chi connectivity index (χ4v) is 1.23. The van der Waals surface area contributed by atoms with Gasteiger partial charge in [0, 0.05) is 12.1 Å². The Balaban J connectivity index is 3.53. The lowest BCUT2D eigenvalue weighted by molar-refractivity contribution is 0.460. The minimum atomic E-state index is 0.497. The van der Waals surface area contributed by atoms with E-state index in [4.69, 9.17) is 0 Å². The van der Waals surface area contributed by atoms with Crippen molar-refractivity contribution in [3.05, 3.63) is 12.7 Å². The van der Waals surface area contributed by atoms with Crippen molar-refractivity contribution in [2.45, 2.75) is 52.1 Å². The lowest BCUT2D eigenvalue weighted by atomic mass is 10.1. The van der Waals surface area contributed by atoms with Crippen molar-refractivity contribution in [1.29, 1.82) is 0 Å². The topological polar surface area (TPSA) is 12.0 Å². The van der Waals surface area contributed by atoms with Crippen molar-refractivity contribution in [1.82, 2.24) is 5.32 Å². The Morgan fingerprint density at radius 3 is 2.45 bits per heavy atom. The van der Waals surface area contributed by atoms with E-state index in [1.807, 2.05) is 6.08 Å². The Morgan fingerprint density at radius 2 is 2.09 bits per heavy atom. The summed E-state index contributed by atoms with van der Waals surface area (Å²) in [5.74, 6) is 0. The Morgan fingerprint density at radius 1 is 1.45 bits per heavy atom. The molecule has 0 radical (unpaired) electrons. The van der Waals surface area contributed by atoms with Crippen molar-refractivity contribution in [3.8, 4) is 0 Å². The molecular weight excluding hydrogens is 134 g/mol. The largest absolute Gasteiger partial charge is 0.308 e. The Labute approximate surface area is 70.9 Å². The van der Waals surface area contributed by atoms with Crippen molar-refractivity contribution in [2.24, 2.45) is 0 Å². The molecule has 0 amide bonds. The molecule has 0 saturated carbocycles. The molecule has 0 aromatic carbocycles. The molecule has 2 atom stereocenters. The van der Waals surface area contributed by atoms with E-state index < -0.39 is 0 Å². The van der Waals surface area contributed by atoms with Crippen LogP contribution in [0.2, 0.25) is 0 Å². The Bertz CT molecular complexity index is 99.0. The molecule has 0 aliphatic rings. The first-order chi connectivity index (χ1) is 5.24. The Hall–Kier alpha value is -0.300. The summed E-state index contributed by atoms with van der Waals surface area (Å²) in [6, 6.07) is 1.12. The van der Waals surface area contributed by atoms with Crippen LogP contribution in [-0.2, 0) is 0 Å². The maximum Gasteiger partial charge on any atom is 0.0247 e. The summed E-state index contributed by atoms with van der Waals surface area (Å²) in [6.45, 7) is 10.4. The third kappa shape index (κ3) is 5.02. The summed E-state index contributed by atoms with van der Waals surface area (Å²) in [7, 11) is 0. The van der Waals surface area contributed by atoms with Crippen LogP contribution in [-0.4, -0.2) is 12.1 Å². The average Bonchev–Trinajstić information content (AvgIpc) is 2.01. The van der Waals surface area contributed by atoms with Crippen molar-refractivity contribution < 1.29 is 0 Å². The Kier molecular flexibility index (Phi) is 6.24. The molecule has 0 saturated heterocycles. The van der Waals surface area contributed by atoms with Crippen LogP contribution >= 0.6 is 0 Å². The van der Waals surface area contributed by atoms with E-state index >= 15 is 0 Å². The fraction of sp³-hybridized carbons (Fsp3) is 0.800. The number of rotatable bonds is 6. The summed E-state index contributed by atoms with van der Waals surface area (Å²) in [6.07, 6.45) is 5.63. The molecule has 0 aliphatic heterocycles. The third-order valence-electron chi connectivity index (χ3n) is 1.94. The lowest BCUT2D eigenvalue weighted by Crippen LogP contribution is -2.34. The normalized spacial score (nSPS) is 15.9. The van der Waals surface area contributed by atoms with Gasteiger partial charge in [0.15, 0.2) is 0 Å². The van der Waals surface area contributed by atoms with Crippen molar-refractivity contribution in [3.63, 3.8) is 0 Å². The molecule has 0 spiro atoms. The number of nitrogens with one attached hydrogen (secondary N) is 1. The minimum Gasteiger partial charge on any atom is -0.308 e. The highest BCUT2D eigenvalue weighted by atomic mass is 14.9. The van der Waals surface area contributed by atoms with E-state index in [0.29, 0.717) is 12.1 Å². The number of hydrogen-bond donors (Lipinski definition) is 1. The molecule has 0 bridgehead atoms. The van der Waals surface area contributed by atoms with Gasteiger partial charge in [-0.1, -0.05) is 26.3 Å². The van der Waals surface area contributed by atoms with Gasteiger partial charge in [0.2, 0.25) is 0 Å². The van der Waals surface area contributed by atoms with Gasteiger partial charge in [0.1, 0.15) is 0 Å². The molecule has 1 nitrogen and oxygen atoms in total. The first-order valence-electron chi connectivity index (χ1n) is 4.63. The second-order valence-electron chi connectivity index (χ2n) is 3.11. The fourth-order valence-electron chi connectivity index (χ4n) is 1.23. The molecule has 0 aliphatic carbocycles. The zero-order chi connectivity index (χ0) is 8.69. The molecule has 2 unspecified atom stereocenters. The van der Waals surface area contributed by atoms with Gasteiger partial charge in [-0.05, 0) is 19.8 Å². The van der Waals surface area contributed by atoms with Gasteiger partial charge in [-0.25, -0.2) is 0 Å². The van der Waals surface area contributed by atoms with Gasteiger partial charge in [0.25, 0.3) is 0 Å². The summed E-state index contributed by atoms with van der Waals surface area (Å²) >= 11 is 0. The van der Waals surface area contributed by atoms with Crippen LogP contribution in [0.4, 0.5) is 0 Å². The quantitative estimate of drug-likeness (QED) is 0.582. The third-order valence-corrected chi connectivity index (χ3v) is 1.94. The van der Waals surface area contributed by atoms with Crippen LogP contribution in [0.3, 0.4) is 0 Å². The predicted octanol–water partition coefficient (Wildman–Crippen LogP) is 2.73. The van der Waals surface area contributed by atoms with Gasteiger partial charge < -0.3 is 5.32 Å². The summed E-state index contributed by atoms with van der Waals surface area (Å²) < 4.78 is 0. The summed E-state index contributed by atoms with van der Waals surface area (Å²) in [5, 5.41) is 3.50. The SMILES string of the molecule is C=CC(CC)NC(C)CCC. The van der Waals surface area contributed by atoms with Gasteiger partial charge in [-0.15, -0.1) is 6.58 Å². The zero-order valence-corrected chi connectivity index (χ0v) is 8.06. The van der Waals surface area contributed by atoms with Gasteiger partial charge in [-0.2, -0.15) is 0 Å². The molecule has 0 aromatic rings. The molecule has 0 aromatic heterocycles. The highest BCUT2D eigenvalue weighted by Gasteiger charge is 2.04. The predicted molar refractivity (Wildman–Crippen MR) is 51.8 cm³/mol. The molecule has 0 heterocycles. The maximum atomic E-state index is 3.78. The van der Waals surface area contributed by atoms with Crippen LogP contribution in [0.1, 0.15) is 40.0 Å². The molecule has 0 fully saturated rings. The highest BCUT2D eigenvalue weighted by Crippen LogP contribution is 1.99. The molecular formula is C10H21N. The first kappa shape index (κ1) is 10.7. The van der Waals surface area contributed by atoms with E-state index in [1.54, 1.807) is 0 Å². The van der Waals surface area contributed by atoms with E-state index in [2.05, 4.69) is 32.7 Å². The zero-order valence-electron chi connectivity index (χ0n) is 8.06. The summed E-state index contributed by atoms with van der Waals surface area (Å²) in [4.78, 5) is 0. The summed E-state index contributed by atoms with van der Waals surface area (Å²) in [5.41, 5.74) is 0. The van der Waals surface area contributed by atoms with Crippen LogP contribution in [0.15, 0.2) is 12.7 Å². The first-order valence-corrected chi connectivity index (χ1v) is 4.63. The number of hydrogen-bond acceptors (Lipinski definition) is 1. The molecule has 66 valence electrons. The highest BCUT2D eigenvalue weighted by molar-refractivity contribution is 4.85.